The summed E-state index contributed by atoms with van der Waals surface area (Å²) < 4.78 is 0. The highest BCUT2D eigenvalue weighted by Gasteiger charge is 2.33. The Morgan fingerprint density at radius 1 is 0.681 bits per heavy atom. The molecule has 12 heteroatoms. The Morgan fingerprint density at radius 2 is 1.21 bits per heavy atom. The molecule has 3 amide bonds. The van der Waals surface area contributed by atoms with Crippen LogP contribution in [0.2, 0.25) is 0 Å². The second-order valence-electron chi connectivity index (χ2n) is 11.6. The molecule has 47 heavy (non-hydrogen) atoms. The first kappa shape index (κ1) is 32.9. The van der Waals surface area contributed by atoms with Crippen molar-refractivity contribution in [2.75, 3.05) is 0 Å². The summed E-state index contributed by atoms with van der Waals surface area (Å²) in [5.41, 5.74) is 10.3. The summed E-state index contributed by atoms with van der Waals surface area (Å²) in [7, 11) is 0. The molecule has 5 aromatic rings. The number of rotatable bonds is 14. The van der Waals surface area contributed by atoms with E-state index in [0.29, 0.717) is 5.56 Å². The molecule has 3 aromatic carbocycles. The van der Waals surface area contributed by atoms with Crippen molar-refractivity contribution in [3.05, 3.63) is 108 Å². The van der Waals surface area contributed by atoms with Crippen LogP contribution in [0.25, 0.3) is 21.8 Å². The van der Waals surface area contributed by atoms with Crippen molar-refractivity contribution in [3.63, 3.8) is 0 Å². The van der Waals surface area contributed by atoms with Gasteiger partial charge in [0.1, 0.15) is 18.1 Å². The lowest BCUT2D eigenvalue weighted by Crippen LogP contribution is -2.60. The third-order valence-electron chi connectivity index (χ3n) is 8.14. The van der Waals surface area contributed by atoms with Crippen molar-refractivity contribution in [2.45, 2.75) is 56.5 Å². The zero-order chi connectivity index (χ0) is 33.5. The number of H-pyrrole nitrogens is 2. The van der Waals surface area contributed by atoms with Crippen LogP contribution in [0.4, 0.5) is 0 Å². The number of carboxylic acids is 1. The number of carboxylic acid groups (broad SMARTS) is 1. The molecule has 0 fully saturated rings. The summed E-state index contributed by atoms with van der Waals surface area (Å²) in [6.45, 7) is 1.31. The molecule has 0 aliphatic rings. The molecular formula is C35H38N6O6. The molecule has 5 rings (SSSR count). The first-order valence-corrected chi connectivity index (χ1v) is 15.3. The lowest BCUT2D eigenvalue weighted by Gasteiger charge is -2.26. The van der Waals surface area contributed by atoms with Crippen LogP contribution >= 0.6 is 0 Å². The number of carbonyl (C=O) groups excluding carboxylic acids is 3. The zero-order valence-corrected chi connectivity index (χ0v) is 25.8. The fourth-order valence-corrected chi connectivity index (χ4v) is 5.61. The van der Waals surface area contributed by atoms with Gasteiger partial charge in [0.05, 0.1) is 12.1 Å². The fraction of sp³-hybridized carbons (Fsp3) is 0.257. The monoisotopic (exact) mass is 638 g/mol. The molecule has 244 valence electrons. The topological polar surface area (TPSA) is 202 Å². The van der Waals surface area contributed by atoms with Gasteiger partial charge in [0.15, 0.2) is 0 Å². The summed E-state index contributed by atoms with van der Waals surface area (Å²) in [4.78, 5) is 58.7. The Kier molecular flexibility index (Phi) is 10.3. The molecule has 5 unspecified atom stereocenters. The number of aliphatic carboxylic acids is 1. The number of aromatic amines is 2. The van der Waals surface area contributed by atoms with E-state index >= 15 is 0 Å². The molecule has 0 radical (unpaired) electrons. The van der Waals surface area contributed by atoms with E-state index in [2.05, 4.69) is 25.9 Å². The summed E-state index contributed by atoms with van der Waals surface area (Å²) in [5.74, 6) is -3.49. The van der Waals surface area contributed by atoms with Gasteiger partial charge in [-0.05, 0) is 42.2 Å². The largest absolute Gasteiger partial charge is 0.480 e. The van der Waals surface area contributed by atoms with Crippen LogP contribution in [0.3, 0.4) is 0 Å². The Morgan fingerprint density at radius 3 is 1.79 bits per heavy atom. The van der Waals surface area contributed by atoms with E-state index in [0.717, 1.165) is 32.9 Å². The van der Waals surface area contributed by atoms with E-state index in [1.54, 1.807) is 36.7 Å². The average molecular weight is 639 g/mol. The fourth-order valence-electron chi connectivity index (χ4n) is 5.61. The van der Waals surface area contributed by atoms with Gasteiger partial charge in [-0.2, -0.15) is 0 Å². The maximum absolute atomic E-state index is 13.7. The van der Waals surface area contributed by atoms with E-state index in [1.165, 1.54) is 6.92 Å². The predicted molar refractivity (Wildman–Crippen MR) is 177 cm³/mol. The number of hydrogen-bond acceptors (Lipinski definition) is 6. The molecule has 2 heterocycles. The highest BCUT2D eigenvalue weighted by molar-refractivity contribution is 5.95. The van der Waals surface area contributed by atoms with Crippen LogP contribution in [0, 0.1) is 0 Å². The number of amides is 3. The van der Waals surface area contributed by atoms with Crippen LogP contribution in [0.5, 0.6) is 0 Å². The van der Waals surface area contributed by atoms with E-state index in [9.17, 15) is 29.4 Å². The molecule has 0 bridgehead atoms. The summed E-state index contributed by atoms with van der Waals surface area (Å²) >= 11 is 0. The zero-order valence-electron chi connectivity index (χ0n) is 25.8. The van der Waals surface area contributed by atoms with Crippen molar-refractivity contribution in [1.29, 1.82) is 0 Å². The standard InChI is InChI=1S/C35H38N6O6/c1-20(42)31(34(45)40-30(35(46)47)17-23-19-38-28-14-8-6-12-25(23)28)41-33(44)29(15-21-9-3-2-4-10-21)39-32(43)26(36)16-22-18-37-27-13-7-5-11-24(22)27/h2-14,18-20,26,29-31,37-38,42H,15-17,36H2,1H3,(H,39,43)(H,40,45)(H,41,44)(H,46,47). The van der Waals surface area contributed by atoms with E-state index in [4.69, 9.17) is 5.73 Å². The van der Waals surface area contributed by atoms with E-state index < -0.39 is 54.0 Å². The second kappa shape index (κ2) is 14.8. The molecule has 12 nitrogen and oxygen atoms in total. The van der Waals surface area contributed by atoms with Crippen LogP contribution in [-0.2, 0) is 38.4 Å². The van der Waals surface area contributed by atoms with Gasteiger partial charge in [0.2, 0.25) is 17.7 Å². The number of aliphatic hydroxyl groups is 1. The minimum absolute atomic E-state index is 0.0351. The summed E-state index contributed by atoms with van der Waals surface area (Å²) in [5, 5.41) is 29.9. The number of nitrogens with one attached hydrogen (secondary N) is 5. The van der Waals surface area contributed by atoms with Gasteiger partial charge >= 0.3 is 5.97 Å². The Labute approximate surface area is 270 Å². The number of carbonyl (C=O) groups is 4. The van der Waals surface area contributed by atoms with Crippen molar-refractivity contribution in [1.82, 2.24) is 25.9 Å². The minimum atomic E-state index is -1.51. The molecule has 5 atom stereocenters. The Balaban J connectivity index is 1.29. The maximum atomic E-state index is 13.7. The van der Waals surface area contributed by atoms with Crippen LogP contribution < -0.4 is 21.7 Å². The molecule has 0 aliphatic carbocycles. The lowest BCUT2D eigenvalue weighted by molar-refractivity contribution is -0.143. The molecular weight excluding hydrogens is 600 g/mol. The molecule has 0 saturated carbocycles. The number of fused-ring (bicyclic) bond motifs is 2. The van der Waals surface area contributed by atoms with E-state index in [-0.39, 0.29) is 19.3 Å². The Hall–Kier alpha value is -5.46. The molecule has 2 aromatic heterocycles. The number of aromatic nitrogens is 2. The average Bonchev–Trinajstić information content (AvgIpc) is 3.67. The lowest BCUT2D eigenvalue weighted by atomic mass is 10.0. The molecule has 0 spiro atoms. The summed E-state index contributed by atoms with van der Waals surface area (Å²) in [6.07, 6.45) is 2.33. The smallest absolute Gasteiger partial charge is 0.326 e. The number of hydrogen-bond donors (Lipinski definition) is 8. The van der Waals surface area contributed by atoms with E-state index in [1.807, 2.05) is 54.6 Å². The third-order valence-corrected chi connectivity index (χ3v) is 8.14. The molecule has 0 saturated heterocycles. The number of benzene rings is 3. The second-order valence-corrected chi connectivity index (χ2v) is 11.6. The SMILES string of the molecule is CC(O)C(NC(=O)C(Cc1ccccc1)NC(=O)C(N)Cc1c[nH]c2ccccc12)C(=O)NC(Cc1c[nH]c2ccccc12)C(=O)O. The highest BCUT2D eigenvalue weighted by atomic mass is 16.4. The van der Waals surface area contributed by atoms with Crippen molar-refractivity contribution in [2.24, 2.45) is 5.73 Å². The summed E-state index contributed by atoms with van der Waals surface area (Å²) in [6, 6.07) is 19.0. The first-order valence-electron chi connectivity index (χ1n) is 15.3. The molecule has 9 N–H and O–H groups in total. The van der Waals surface area contributed by atoms with Crippen molar-refractivity contribution >= 4 is 45.5 Å². The quantitative estimate of drug-likeness (QED) is 0.0907. The number of nitrogens with two attached hydrogens (primary N) is 1. The van der Waals surface area contributed by atoms with Gasteiger partial charge in [-0.3, -0.25) is 14.4 Å². The maximum Gasteiger partial charge on any atom is 0.326 e. The van der Waals surface area contributed by atoms with Crippen molar-refractivity contribution in [3.8, 4) is 0 Å². The minimum Gasteiger partial charge on any atom is -0.480 e. The van der Waals surface area contributed by atoms with Gasteiger partial charge in [0, 0.05) is 47.0 Å². The highest BCUT2D eigenvalue weighted by Crippen LogP contribution is 2.20. The number of para-hydroxylation sites is 2. The Bertz CT molecular complexity index is 1870. The first-order chi connectivity index (χ1) is 22.6. The van der Waals surface area contributed by atoms with Crippen molar-refractivity contribution < 1.29 is 29.4 Å². The predicted octanol–water partition coefficient (Wildman–Crippen LogP) is 1.92. The van der Waals surface area contributed by atoms with Crippen LogP contribution in [0.15, 0.2) is 91.3 Å². The molecule has 0 aliphatic heterocycles. The normalized spacial score (nSPS) is 14.5. The van der Waals surface area contributed by atoms with Gasteiger partial charge < -0.3 is 41.9 Å². The van der Waals surface area contributed by atoms with Crippen LogP contribution in [0.1, 0.15) is 23.6 Å². The van der Waals surface area contributed by atoms with Gasteiger partial charge in [-0.15, -0.1) is 0 Å². The third kappa shape index (κ3) is 8.04. The van der Waals surface area contributed by atoms with Crippen LogP contribution in [-0.4, -0.2) is 74.1 Å². The van der Waals surface area contributed by atoms with Gasteiger partial charge in [-0.25, -0.2) is 4.79 Å². The number of aliphatic hydroxyl groups excluding tert-OH is 1. The van der Waals surface area contributed by atoms with Gasteiger partial charge in [0.25, 0.3) is 0 Å². The van der Waals surface area contributed by atoms with Gasteiger partial charge in [-0.1, -0.05) is 66.7 Å².